The smallest absolute Gasteiger partial charge is 0.321 e. The van der Waals surface area contributed by atoms with Crippen LogP contribution in [0.15, 0.2) is 29.2 Å². The molecule has 0 aromatic heterocycles. The normalized spacial score (nSPS) is 18.9. The summed E-state index contributed by atoms with van der Waals surface area (Å²) in [6.07, 6.45) is 0.0841. The van der Waals surface area contributed by atoms with Crippen molar-refractivity contribution < 1.29 is 18.7 Å². The summed E-state index contributed by atoms with van der Waals surface area (Å²) in [5.41, 5.74) is 0.469. The molecule has 7 heteroatoms. The molecule has 1 aromatic rings. The summed E-state index contributed by atoms with van der Waals surface area (Å²) in [7, 11) is 0. The average molecular weight is 288 g/mol. The molecule has 0 bridgehead atoms. The zero-order valence-electron chi connectivity index (χ0n) is 10.1. The molecular weight excluding hydrogens is 274 g/mol. The van der Waals surface area contributed by atoms with Crippen LogP contribution in [0.1, 0.15) is 6.42 Å². The van der Waals surface area contributed by atoms with Gasteiger partial charge in [0.1, 0.15) is 0 Å². The van der Waals surface area contributed by atoms with E-state index in [-0.39, 0.29) is 6.03 Å². The number of benzene rings is 1. The lowest BCUT2D eigenvalue weighted by atomic mass is 10.3. The summed E-state index contributed by atoms with van der Waals surface area (Å²) in [5.74, 6) is -2.49. The summed E-state index contributed by atoms with van der Waals surface area (Å²) in [6.45, 7) is 0.801. The first kappa shape index (κ1) is 14.1. The fourth-order valence-corrected chi connectivity index (χ4v) is 2.44. The minimum atomic E-state index is -2.49. The number of carbonyl (C=O) groups is 1. The Labute approximate surface area is 113 Å². The molecule has 0 unspecified atom stereocenters. The van der Waals surface area contributed by atoms with Crippen LogP contribution in [0.4, 0.5) is 19.3 Å². The van der Waals surface area contributed by atoms with Crippen LogP contribution in [0.5, 0.6) is 0 Å². The Balaban J connectivity index is 1.96. The van der Waals surface area contributed by atoms with E-state index in [0.29, 0.717) is 41.9 Å². The van der Waals surface area contributed by atoms with Gasteiger partial charge < -0.3 is 15.3 Å². The molecule has 1 aliphatic heterocycles. The number of alkyl halides is 2. The minimum absolute atomic E-state index is 0.303. The third kappa shape index (κ3) is 4.07. The van der Waals surface area contributed by atoms with Crippen LogP contribution in [0.3, 0.4) is 0 Å². The molecule has 2 amide bonds. The van der Waals surface area contributed by atoms with Gasteiger partial charge in [0, 0.05) is 23.7 Å². The maximum atomic E-state index is 12.2. The van der Waals surface area contributed by atoms with Crippen LogP contribution in [-0.4, -0.2) is 41.0 Å². The Kier molecular flexibility index (Phi) is 4.60. The molecule has 1 atom stereocenters. The molecule has 2 N–H and O–H groups in total. The monoisotopic (exact) mass is 288 g/mol. The van der Waals surface area contributed by atoms with Crippen LogP contribution in [0.2, 0.25) is 0 Å². The topological polar surface area (TPSA) is 52.6 Å². The van der Waals surface area contributed by atoms with Gasteiger partial charge in [-0.3, -0.25) is 0 Å². The van der Waals surface area contributed by atoms with Gasteiger partial charge in [0.25, 0.3) is 5.76 Å². The van der Waals surface area contributed by atoms with E-state index in [4.69, 9.17) is 0 Å². The number of aliphatic hydroxyl groups excluding tert-OH is 1. The highest BCUT2D eigenvalue weighted by Gasteiger charge is 2.24. The Hall–Kier alpha value is -1.34. The largest absolute Gasteiger partial charge is 0.391 e. The number of hydrogen-bond donors (Lipinski definition) is 2. The molecule has 1 aliphatic rings. The first-order chi connectivity index (χ1) is 9.04. The Morgan fingerprint density at radius 1 is 1.53 bits per heavy atom. The van der Waals surface area contributed by atoms with Gasteiger partial charge in [0.05, 0.1) is 6.10 Å². The summed E-state index contributed by atoms with van der Waals surface area (Å²) >= 11 is 0.434. The number of amides is 2. The predicted octanol–water partition coefficient (Wildman–Crippen LogP) is 2.60. The fraction of sp³-hybridized carbons (Fsp3) is 0.417. The number of carbonyl (C=O) groups excluding carboxylic acids is 1. The maximum absolute atomic E-state index is 12.2. The molecule has 0 radical (unpaired) electrons. The van der Waals surface area contributed by atoms with Crippen molar-refractivity contribution in [1.29, 1.82) is 0 Å². The van der Waals surface area contributed by atoms with Crippen molar-refractivity contribution in [3.8, 4) is 0 Å². The van der Waals surface area contributed by atoms with Crippen LogP contribution < -0.4 is 5.32 Å². The predicted molar refractivity (Wildman–Crippen MR) is 69.5 cm³/mol. The van der Waals surface area contributed by atoms with Gasteiger partial charge in [-0.1, -0.05) is 17.8 Å². The van der Waals surface area contributed by atoms with Gasteiger partial charge in [-0.15, -0.1) is 0 Å². The number of halogens is 2. The second kappa shape index (κ2) is 6.21. The van der Waals surface area contributed by atoms with E-state index in [1.54, 1.807) is 18.2 Å². The zero-order chi connectivity index (χ0) is 13.8. The number of aliphatic hydroxyl groups is 1. The lowest BCUT2D eigenvalue weighted by molar-refractivity contribution is 0.176. The molecule has 2 rings (SSSR count). The molecule has 0 spiro atoms. The van der Waals surface area contributed by atoms with Gasteiger partial charge >= 0.3 is 6.03 Å². The maximum Gasteiger partial charge on any atom is 0.321 e. The third-order valence-electron chi connectivity index (χ3n) is 2.76. The highest BCUT2D eigenvalue weighted by molar-refractivity contribution is 7.99. The Bertz CT molecular complexity index is 459. The molecule has 0 saturated carbocycles. The van der Waals surface area contributed by atoms with Crippen molar-refractivity contribution in [2.45, 2.75) is 23.2 Å². The van der Waals surface area contributed by atoms with Gasteiger partial charge in [-0.05, 0) is 24.6 Å². The average Bonchev–Trinajstić information content (AvgIpc) is 2.75. The quantitative estimate of drug-likeness (QED) is 0.841. The van der Waals surface area contributed by atoms with E-state index >= 15 is 0 Å². The van der Waals surface area contributed by atoms with E-state index in [1.807, 2.05) is 0 Å². The number of hydrogen-bond acceptors (Lipinski definition) is 3. The van der Waals surface area contributed by atoms with E-state index in [1.165, 1.54) is 11.0 Å². The molecular formula is C12H14F2N2O2S. The van der Waals surface area contributed by atoms with E-state index in [9.17, 15) is 18.7 Å². The lowest BCUT2D eigenvalue weighted by Crippen LogP contribution is -2.33. The van der Waals surface area contributed by atoms with Crippen molar-refractivity contribution in [3.63, 3.8) is 0 Å². The first-order valence-corrected chi connectivity index (χ1v) is 6.71. The van der Waals surface area contributed by atoms with E-state index in [2.05, 4.69) is 5.32 Å². The molecule has 1 fully saturated rings. The second-order valence-electron chi connectivity index (χ2n) is 4.23. The number of urea groups is 1. The highest BCUT2D eigenvalue weighted by Crippen LogP contribution is 2.27. The zero-order valence-corrected chi connectivity index (χ0v) is 10.9. The van der Waals surface area contributed by atoms with Crippen molar-refractivity contribution in [2.75, 3.05) is 18.4 Å². The summed E-state index contributed by atoms with van der Waals surface area (Å²) in [6, 6.07) is 5.99. The molecule has 1 heterocycles. The standard InChI is InChI=1S/C12H14F2N2O2S/c13-11(14)19-10-3-1-2-8(6-10)15-12(18)16-5-4-9(17)7-16/h1-3,6,9,11,17H,4-5,7H2,(H,15,18)/t9-/m1/s1. The van der Waals surface area contributed by atoms with E-state index < -0.39 is 11.9 Å². The molecule has 1 aromatic carbocycles. The molecule has 4 nitrogen and oxygen atoms in total. The summed E-state index contributed by atoms with van der Waals surface area (Å²) in [5, 5.41) is 12.0. The highest BCUT2D eigenvalue weighted by atomic mass is 32.2. The minimum Gasteiger partial charge on any atom is -0.391 e. The number of anilines is 1. The van der Waals surface area contributed by atoms with Crippen molar-refractivity contribution >= 4 is 23.5 Å². The van der Waals surface area contributed by atoms with Gasteiger partial charge in [-0.25, -0.2) is 4.79 Å². The summed E-state index contributed by atoms with van der Waals surface area (Å²) < 4.78 is 24.5. The number of nitrogens with one attached hydrogen (secondary N) is 1. The number of nitrogens with zero attached hydrogens (tertiary/aromatic N) is 1. The summed E-state index contributed by atoms with van der Waals surface area (Å²) in [4.78, 5) is 13.7. The Morgan fingerprint density at radius 3 is 2.95 bits per heavy atom. The molecule has 1 saturated heterocycles. The van der Waals surface area contributed by atoms with Crippen LogP contribution in [-0.2, 0) is 0 Å². The Morgan fingerprint density at radius 2 is 2.32 bits per heavy atom. The third-order valence-corrected chi connectivity index (χ3v) is 3.47. The number of thioether (sulfide) groups is 1. The second-order valence-corrected chi connectivity index (χ2v) is 5.29. The van der Waals surface area contributed by atoms with Gasteiger partial charge in [0.2, 0.25) is 0 Å². The number of rotatable bonds is 3. The fourth-order valence-electron chi connectivity index (χ4n) is 1.88. The van der Waals surface area contributed by atoms with Crippen LogP contribution in [0.25, 0.3) is 0 Å². The van der Waals surface area contributed by atoms with Crippen molar-refractivity contribution in [1.82, 2.24) is 4.90 Å². The first-order valence-electron chi connectivity index (χ1n) is 5.83. The van der Waals surface area contributed by atoms with Crippen molar-refractivity contribution in [3.05, 3.63) is 24.3 Å². The number of β-amino-alcohol motifs (C(OH)–C–C–N with tert-alkyl or cyclic N) is 1. The number of likely N-dealkylation sites (tertiary alicyclic amines) is 1. The molecule has 0 aliphatic carbocycles. The van der Waals surface area contributed by atoms with Crippen LogP contribution >= 0.6 is 11.8 Å². The van der Waals surface area contributed by atoms with Gasteiger partial charge in [0.15, 0.2) is 0 Å². The lowest BCUT2D eigenvalue weighted by Gasteiger charge is -2.16. The SMILES string of the molecule is O=C(Nc1cccc(SC(F)F)c1)N1CC[C@@H](O)C1. The van der Waals surface area contributed by atoms with Crippen molar-refractivity contribution in [2.24, 2.45) is 0 Å². The van der Waals surface area contributed by atoms with Crippen LogP contribution in [0, 0.1) is 0 Å². The van der Waals surface area contributed by atoms with Gasteiger partial charge in [-0.2, -0.15) is 8.78 Å². The molecule has 19 heavy (non-hydrogen) atoms. The van der Waals surface area contributed by atoms with E-state index in [0.717, 1.165) is 0 Å². The molecule has 104 valence electrons.